The van der Waals surface area contributed by atoms with Crippen molar-refractivity contribution in [2.75, 3.05) is 26.3 Å². The lowest BCUT2D eigenvalue weighted by Gasteiger charge is -2.26. The fourth-order valence-electron chi connectivity index (χ4n) is 5.24. The van der Waals surface area contributed by atoms with Crippen molar-refractivity contribution < 1.29 is 14.3 Å². The topological polar surface area (TPSA) is 76.5 Å². The fourth-order valence-corrected chi connectivity index (χ4v) is 5.24. The lowest BCUT2D eigenvalue weighted by Crippen LogP contribution is -2.40. The van der Waals surface area contributed by atoms with Crippen molar-refractivity contribution in [2.24, 2.45) is 0 Å². The molecule has 0 bridgehead atoms. The van der Waals surface area contributed by atoms with Gasteiger partial charge in [-0.1, -0.05) is 31.4 Å². The van der Waals surface area contributed by atoms with E-state index >= 15 is 0 Å². The van der Waals surface area contributed by atoms with E-state index in [0.717, 1.165) is 54.4 Å². The van der Waals surface area contributed by atoms with E-state index in [2.05, 4.69) is 20.9 Å². The average Bonchev–Trinajstić information content (AvgIpc) is 3.28. The number of amides is 2. The molecule has 0 unspecified atom stereocenters. The van der Waals surface area contributed by atoms with Gasteiger partial charge in [0.1, 0.15) is 5.52 Å². The number of aromatic nitrogens is 2. The van der Waals surface area contributed by atoms with Gasteiger partial charge < -0.3 is 19.5 Å². The third-order valence-electron chi connectivity index (χ3n) is 7.16. The molecule has 184 valence electrons. The second-order valence-electron chi connectivity index (χ2n) is 9.62. The van der Waals surface area contributed by atoms with Gasteiger partial charge in [0.2, 0.25) is 0 Å². The number of benzene rings is 1. The number of nitrogens with zero attached hydrogens (tertiary/aromatic N) is 3. The molecular weight excluding hydrogens is 440 g/mol. The fraction of sp³-hybridized carbons (Fsp3) is 0.464. The van der Waals surface area contributed by atoms with Crippen LogP contribution in [0.3, 0.4) is 0 Å². The van der Waals surface area contributed by atoms with Crippen LogP contribution in [0.5, 0.6) is 0 Å². The Balaban J connectivity index is 1.23. The van der Waals surface area contributed by atoms with Crippen LogP contribution in [0.1, 0.15) is 64.8 Å². The molecule has 2 aromatic heterocycles. The Bertz CT molecular complexity index is 1180. The van der Waals surface area contributed by atoms with Gasteiger partial charge in [-0.05, 0) is 55.5 Å². The Morgan fingerprint density at radius 2 is 1.89 bits per heavy atom. The second kappa shape index (κ2) is 11.0. The summed E-state index contributed by atoms with van der Waals surface area (Å²) in [4.78, 5) is 32.3. The van der Waals surface area contributed by atoms with Gasteiger partial charge in [0.15, 0.2) is 0 Å². The summed E-state index contributed by atoms with van der Waals surface area (Å²) in [7, 11) is 0. The number of nitrogens with one attached hydrogen (secondary N) is 1. The maximum atomic E-state index is 13.1. The number of carbonyl (C=O) groups is 2. The Hall–Kier alpha value is -3.19. The first kappa shape index (κ1) is 23.5. The molecule has 0 radical (unpaired) electrons. The number of pyridine rings is 1. The molecule has 0 spiro atoms. The number of carbonyl (C=O) groups excluding carboxylic acids is 2. The molecule has 2 fully saturated rings. The van der Waals surface area contributed by atoms with Gasteiger partial charge in [-0.15, -0.1) is 0 Å². The van der Waals surface area contributed by atoms with E-state index in [1.54, 1.807) is 6.20 Å². The molecule has 2 aliphatic rings. The first-order valence-electron chi connectivity index (χ1n) is 12.9. The predicted molar refractivity (Wildman–Crippen MR) is 136 cm³/mol. The van der Waals surface area contributed by atoms with E-state index in [-0.39, 0.29) is 11.8 Å². The van der Waals surface area contributed by atoms with Gasteiger partial charge >= 0.3 is 0 Å². The minimum Gasteiger partial charge on any atom is -0.378 e. The molecule has 1 saturated carbocycles. The van der Waals surface area contributed by atoms with Gasteiger partial charge in [0, 0.05) is 43.6 Å². The van der Waals surface area contributed by atoms with Crippen LogP contribution >= 0.6 is 0 Å². The largest absolute Gasteiger partial charge is 0.378 e. The van der Waals surface area contributed by atoms with Crippen LogP contribution in [0.15, 0.2) is 48.8 Å². The number of rotatable bonds is 7. The van der Waals surface area contributed by atoms with Crippen molar-refractivity contribution in [3.05, 3.63) is 65.5 Å². The van der Waals surface area contributed by atoms with Crippen LogP contribution in [-0.2, 0) is 17.7 Å². The van der Waals surface area contributed by atoms with Crippen molar-refractivity contribution >= 4 is 22.8 Å². The Labute approximate surface area is 206 Å². The van der Waals surface area contributed by atoms with Gasteiger partial charge in [0.05, 0.1) is 24.3 Å². The van der Waals surface area contributed by atoms with E-state index in [1.165, 1.54) is 19.3 Å². The van der Waals surface area contributed by atoms with E-state index in [4.69, 9.17) is 4.74 Å². The van der Waals surface area contributed by atoms with Crippen LogP contribution in [0.25, 0.3) is 11.0 Å². The molecule has 7 nitrogen and oxygen atoms in total. The highest BCUT2D eigenvalue weighted by molar-refractivity contribution is 6.05. The number of aryl methyl sites for hydroxylation is 2. The zero-order valence-electron chi connectivity index (χ0n) is 20.2. The van der Waals surface area contributed by atoms with Crippen LogP contribution in [-0.4, -0.2) is 58.6 Å². The molecule has 1 aromatic carbocycles. The third-order valence-corrected chi connectivity index (χ3v) is 7.16. The zero-order valence-corrected chi connectivity index (χ0v) is 20.2. The minimum absolute atomic E-state index is 0.0208. The summed E-state index contributed by atoms with van der Waals surface area (Å²) in [6.45, 7) is 3.16. The lowest BCUT2D eigenvalue weighted by atomic mass is 9.95. The molecule has 2 amide bonds. The highest BCUT2D eigenvalue weighted by Gasteiger charge is 2.23. The summed E-state index contributed by atoms with van der Waals surface area (Å²) < 4.78 is 7.53. The zero-order chi connectivity index (χ0) is 24.0. The summed E-state index contributed by atoms with van der Waals surface area (Å²) >= 11 is 0. The summed E-state index contributed by atoms with van der Waals surface area (Å²) in [5, 5.41) is 3.21. The molecule has 1 N–H and O–H groups in total. The first-order valence-corrected chi connectivity index (χ1v) is 12.9. The minimum atomic E-state index is 0.0208. The molecule has 0 atom stereocenters. The molecule has 3 aromatic rings. The molecule has 35 heavy (non-hydrogen) atoms. The highest BCUT2D eigenvalue weighted by Crippen LogP contribution is 2.22. The summed E-state index contributed by atoms with van der Waals surface area (Å²) in [5.41, 5.74) is 4.28. The maximum absolute atomic E-state index is 13.1. The van der Waals surface area contributed by atoms with Gasteiger partial charge in [0.25, 0.3) is 11.8 Å². The van der Waals surface area contributed by atoms with E-state index < -0.39 is 0 Å². The average molecular weight is 475 g/mol. The molecular formula is C28H34N4O3. The van der Waals surface area contributed by atoms with Crippen LogP contribution in [0.4, 0.5) is 0 Å². The number of ether oxygens (including phenoxy) is 1. The Kier molecular flexibility index (Phi) is 7.42. The normalized spacial score (nSPS) is 17.0. The monoisotopic (exact) mass is 474 g/mol. The van der Waals surface area contributed by atoms with Gasteiger partial charge in [-0.2, -0.15) is 0 Å². The summed E-state index contributed by atoms with van der Waals surface area (Å²) in [6.07, 6.45) is 11.3. The Morgan fingerprint density at radius 3 is 2.71 bits per heavy atom. The second-order valence-corrected chi connectivity index (χ2v) is 9.62. The SMILES string of the molecule is O=C(NC1CCCCC1)c1cccc(CCCn2cc(C(=O)N3CCOCC3)c3ncccc32)c1. The van der Waals surface area contributed by atoms with Crippen molar-refractivity contribution in [1.29, 1.82) is 0 Å². The predicted octanol–water partition coefficient (Wildman–Crippen LogP) is 4.20. The van der Waals surface area contributed by atoms with Crippen molar-refractivity contribution in [3.8, 4) is 0 Å². The molecule has 1 saturated heterocycles. The van der Waals surface area contributed by atoms with E-state index in [1.807, 2.05) is 41.4 Å². The highest BCUT2D eigenvalue weighted by atomic mass is 16.5. The molecule has 5 rings (SSSR count). The number of morpholine rings is 1. The van der Waals surface area contributed by atoms with Gasteiger partial charge in [-0.25, -0.2) is 0 Å². The number of hydrogen-bond donors (Lipinski definition) is 1. The number of hydrogen-bond acceptors (Lipinski definition) is 4. The molecule has 7 heteroatoms. The van der Waals surface area contributed by atoms with Crippen molar-refractivity contribution in [3.63, 3.8) is 0 Å². The third kappa shape index (κ3) is 5.56. The van der Waals surface area contributed by atoms with E-state index in [0.29, 0.717) is 37.9 Å². The van der Waals surface area contributed by atoms with Gasteiger partial charge in [-0.3, -0.25) is 14.6 Å². The van der Waals surface area contributed by atoms with Crippen LogP contribution in [0.2, 0.25) is 0 Å². The quantitative estimate of drug-likeness (QED) is 0.557. The smallest absolute Gasteiger partial charge is 0.257 e. The molecule has 1 aliphatic carbocycles. The number of fused-ring (bicyclic) bond motifs is 1. The Morgan fingerprint density at radius 1 is 1.06 bits per heavy atom. The van der Waals surface area contributed by atoms with Crippen molar-refractivity contribution in [2.45, 2.75) is 57.5 Å². The molecule has 1 aliphatic heterocycles. The molecule has 3 heterocycles. The summed E-state index contributed by atoms with van der Waals surface area (Å²) in [5.74, 6) is 0.0555. The summed E-state index contributed by atoms with van der Waals surface area (Å²) in [6, 6.07) is 12.2. The van der Waals surface area contributed by atoms with Crippen LogP contribution in [0, 0.1) is 0 Å². The standard InChI is InChI=1S/C28H34N4O3/c33-27(30-23-10-2-1-3-11-23)22-9-4-7-21(19-22)8-6-14-32-20-24(26-25(32)12-5-13-29-26)28(34)31-15-17-35-18-16-31/h4-5,7,9,12-13,19-20,23H,1-3,6,8,10-11,14-18H2,(H,30,33). The van der Waals surface area contributed by atoms with Crippen LogP contribution < -0.4 is 5.32 Å². The first-order chi connectivity index (χ1) is 17.2. The maximum Gasteiger partial charge on any atom is 0.257 e. The van der Waals surface area contributed by atoms with Crippen molar-refractivity contribution in [1.82, 2.24) is 19.8 Å². The lowest BCUT2D eigenvalue weighted by molar-refractivity contribution is 0.0304. The van der Waals surface area contributed by atoms with E-state index in [9.17, 15) is 9.59 Å².